The lowest BCUT2D eigenvalue weighted by Crippen LogP contribution is -2.45. The molecular weight excluding hydrogens is 164 g/mol. The minimum absolute atomic E-state index is 0.231. The molecular formula is C10H20N2O. The summed E-state index contributed by atoms with van der Waals surface area (Å²) in [5.74, 6) is 0.551. The fraction of sp³-hybridized carbons (Fsp3) is 0.900. The van der Waals surface area contributed by atoms with Crippen LogP contribution in [0.3, 0.4) is 0 Å². The fourth-order valence-corrected chi connectivity index (χ4v) is 2.01. The lowest BCUT2D eigenvalue weighted by atomic mass is 10.1. The lowest BCUT2D eigenvalue weighted by Gasteiger charge is -2.32. The maximum Gasteiger partial charge on any atom is 0.226 e. The molecule has 1 amide bonds. The zero-order chi connectivity index (χ0) is 10.0. The van der Waals surface area contributed by atoms with Gasteiger partial charge in [-0.3, -0.25) is 9.69 Å². The molecule has 0 radical (unpaired) electrons. The van der Waals surface area contributed by atoms with Gasteiger partial charge in [0.25, 0.3) is 0 Å². The van der Waals surface area contributed by atoms with Gasteiger partial charge < -0.3 is 4.90 Å². The van der Waals surface area contributed by atoms with Gasteiger partial charge in [0, 0.05) is 12.5 Å². The summed E-state index contributed by atoms with van der Waals surface area (Å²) in [4.78, 5) is 15.8. The maximum absolute atomic E-state index is 11.7. The van der Waals surface area contributed by atoms with Crippen molar-refractivity contribution in [3.8, 4) is 0 Å². The molecule has 0 N–H and O–H groups in total. The van der Waals surface area contributed by atoms with E-state index < -0.39 is 0 Å². The second-order valence-electron chi connectivity index (χ2n) is 4.07. The second-order valence-corrected chi connectivity index (χ2v) is 4.07. The number of hydrogen-bond donors (Lipinski definition) is 0. The minimum Gasteiger partial charge on any atom is -0.327 e. The van der Waals surface area contributed by atoms with Gasteiger partial charge in [0.2, 0.25) is 5.91 Å². The maximum atomic E-state index is 11.7. The predicted octanol–water partition coefficient (Wildman–Crippen LogP) is 1.15. The number of carbonyl (C=O) groups is 1. The Balaban J connectivity index is 2.65. The Labute approximate surface area is 80.7 Å². The number of rotatable bonds is 3. The van der Waals surface area contributed by atoms with Gasteiger partial charge >= 0.3 is 0 Å². The van der Waals surface area contributed by atoms with E-state index in [2.05, 4.69) is 11.8 Å². The van der Waals surface area contributed by atoms with Crippen LogP contribution in [0.1, 0.15) is 26.7 Å². The van der Waals surface area contributed by atoms with Crippen LogP contribution in [0.25, 0.3) is 0 Å². The Kier molecular flexibility index (Phi) is 3.31. The van der Waals surface area contributed by atoms with Crippen LogP contribution in [-0.4, -0.2) is 42.5 Å². The molecule has 2 unspecified atom stereocenters. The van der Waals surface area contributed by atoms with Gasteiger partial charge in [0.05, 0.1) is 6.17 Å². The van der Waals surface area contributed by atoms with Crippen LogP contribution < -0.4 is 0 Å². The number of nitrogens with zero attached hydrogens (tertiary/aromatic N) is 2. The third-order valence-corrected chi connectivity index (χ3v) is 2.83. The Bertz CT molecular complexity index is 191. The first-order valence-electron chi connectivity index (χ1n) is 5.04. The molecule has 13 heavy (non-hydrogen) atoms. The standard InChI is InChI=1S/C10H20N2O/c1-5-9(11(3)4)12-7-6-8(2)10(12)13/h8-9H,5-7H2,1-4H3. The summed E-state index contributed by atoms with van der Waals surface area (Å²) in [5.41, 5.74) is 0. The first kappa shape index (κ1) is 10.5. The monoisotopic (exact) mass is 184 g/mol. The van der Waals surface area contributed by atoms with Crippen molar-refractivity contribution in [1.82, 2.24) is 9.80 Å². The van der Waals surface area contributed by atoms with Gasteiger partial charge in [-0.1, -0.05) is 13.8 Å². The summed E-state index contributed by atoms with van der Waals surface area (Å²) in [7, 11) is 4.06. The van der Waals surface area contributed by atoms with Crippen LogP contribution in [0.4, 0.5) is 0 Å². The van der Waals surface area contributed by atoms with Crippen molar-refractivity contribution in [2.24, 2.45) is 5.92 Å². The van der Waals surface area contributed by atoms with Crippen LogP contribution in [0, 0.1) is 5.92 Å². The van der Waals surface area contributed by atoms with E-state index in [-0.39, 0.29) is 12.1 Å². The van der Waals surface area contributed by atoms with Gasteiger partial charge in [-0.25, -0.2) is 0 Å². The summed E-state index contributed by atoms with van der Waals surface area (Å²) in [5, 5.41) is 0. The summed E-state index contributed by atoms with van der Waals surface area (Å²) in [6.45, 7) is 5.07. The molecule has 0 aliphatic carbocycles. The first-order chi connectivity index (χ1) is 6.07. The van der Waals surface area contributed by atoms with Crippen molar-refractivity contribution in [2.45, 2.75) is 32.9 Å². The van der Waals surface area contributed by atoms with Crippen molar-refractivity contribution >= 4 is 5.91 Å². The van der Waals surface area contributed by atoms with Gasteiger partial charge in [-0.15, -0.1) is 0 Å². The number of carbonyl (C=O) groups excluding carboxylic acids is 1. The van der Waals surface area contributed by atoms with E-state index in [0.717, 1.165) is 19.4 Å². The highest BCUT2D eigenvalue weighted by molar-refractivity contribution is 5.80. The van der Waals surface area contributed by atoms with E-state index in [0.29, 0.717) is 5.91 Å². The Hall–Kier alpha value is -0.570. The normalized spacial score (nSPS) is 25.8. The molecule has 0 aromatic rings. The number of amides is 1. The Morgan fingerprint density at radius 2 is 2.23 bits per heavy atom. The van der Waals surface area contributed by atoms with E-state index in [1.54, 1.807) is 0 Å². The third-order valence-electron chi connectivity index (χ3n) is 2.83. The molecule has 3 heteroatoms. The van der Waals surface area contributed by atoms with Crippen LogP contribution >= 0.6 is 0 Å². The molecule has 1 saturated heterocycles. The Morgan fingerprint density at radius 3 is 2.54 bits per heavy atom. The first-order valence-corrected chi connectivity index (χ1v) is 5.04. The Morgan fingerprint density at radius 1 is 1.62 bits per heavy atom. The molecule has 3 nitrogen and oxygen atoms in total. The second kappa shape index (κ2) is 4.09. The zero-order valence-corrected chi connectivity index (χ0v) is 9.08. The molecule has 76 valence electrons. The lowest BCUT2D eigenvalue weighted by molar-refractivity contribution is -0.135. The van der Waals surface area contributed by atoms with Crippen molar-refractivity contribution in [1.29, 1.82) is 0 Å². The van der Waals surface area contributed by atoms with Crippen molar-refractivity contribution < 1.29 is 4.79 Å². The molecule has 1 heterocycles. The van der Waals surface area contributed by atoms with Crippen molar-refractivity contribution in [3.05, 3.63) is 0 Å². The van der Waals surface area contributed by atoms with Gasteiger partial charge in [-0.05, 0) is 26.9 Å². The summed E-state index contributed by atoms with van der Waals surface area (Å²) >= 11 is 0. The third kappa shape index (κ3) is 2.02. The largest absolute Gasteiger partial charge is 0.327 e. The molecule has 1 aliphatic rings. The minimum atomic E-state index is 0.231. The van der Waals surface area contributed by atoms with E-state index in [9.17, 15) is 4.79 Å². The molecule has 0 saturated carbocycles. The van der Waals surface area contributed by atoms with E-state index in [4.69, 9.17) is 0 Å². The van der Waals surface area contributed by atoms with Crippen molar-refractivity contribution in [3.63, 3.8) is 0 Å². The highest BCUT2D eigenvalue weighted by Gasteiger charge is 2.32. The molecule has 1 rings (SSSR count). The van der Waals surface area contributed by atoms with E-state index in [1.165, 1.54) is 0 Å². The molecule has 0 aromatic carbocycles. The van der Waals surface area contributed by atoms with Crippen molar-refractivity contribution in [2.75, 3.05) is 20.6 Å². The molecule has 1 aliphatic heterocycles. The predicted molar refractivity (Wildman–Crippen MR) is 53.3 cm³/mol. The smallest absolute Gasteiger partial charge is 0.226 e. The van der Waals surface area contributed by atoms with Gasteiger partial charge in [-0.2, -0.15) is 0 Å². The molecule has 0 aromatic heterocycles. The highest BCUT2D eigenvalue weighted by atomic mass is 16.2. The number of hydrogen-bond acceptors (Lipinski definition) is 2. The average Bonchev–Trinajstić information content (AvgIpc) is 2.37. The topological polar surface area (TPSA) is 23.6 Å². The van der Waals surface area contributed by atoms with E-state index in [1.807, 2.05) is 25.9 Å². The summed E-state index contributed by atoms with van der Waals surface area (Å²) < 4.78 is 0. The summed E-state index contributed by atoms with van der Waals surface area (Å²) in [6.07, 6.45) is 2.31. The summed E-state index contributed by atoms with van der Waals surface area (Å²) in [6, 6.07) is 0. The van der Waals surface area contributed by atoms with Crippen LogP contribution in [0.2, 0.25) is 0 Å². The average molecular weight is 184 g/mol. The SMILES string of the molecule is CCC(N(C)C)N1CCC(C)C1=O. The quantitative estimate of drug-likeness (QED) is 0.657. The number of likely N-dealkylation sites (tertiary alicyclic amines) is 1. The van der Waals surface area contributed by atoms with E-state index >= 15 is 0 Å². The zero-order valence-electron chi connectivity index (χ0n) is 9.08. The molecule has 1 fully saturated rings. The molecule has 0 bridgehead atoms. The highest BCUT2D eigenvalue weighted by Crippen LogP contribution is 2.21. The molecule has 0 spiro atoms. The van der Waals surface area contributed by atoms with Gasteiger partial charge in [0.1, 0.15) is 0 Å². The van der Waals surface area contributed by atoms with Crippen LogP contribution in [-0.2, 0) is 4.79 Å². The molecule has 2 atom stereocenters. The van der Waals surface area contributed by atoms with Crippen LogP contribution in [0.5, 0.6) is 0 Å². The van der Waals surface area contributed by atoms with Gasteiger partial charge in [0.15, 0.2) is 0 Å². The fourth-order valence-electron chi connectivity index (χ4n) is 2.01. The van der Waals surface area contributed by atoms with Crippen LogP contribution in [0.15, 0.2) is 0 Å².